The van der Waals surface area contributed by atoms with Crippen LogP contribution in [0, 0.1) is 0 Å². The Bertz CT molecular complexity index is 319. The molecule has 0 radical (unpaired) electrons. The van der Waals surface area contributed by atoms with Crippen molar-refractivity contribution in [2.45, 2.75) is 25.1 Å². The van der Waals surface area contributed by atoms with Gasteiger partial charge in [-0.05, 0) is 6.92 Å². The standard InChI is InChI=1S/C9H17N3O6/c1-4(14)7(10)8(16)11-2-6(15)12-5(3-13)9(17)18/h4-5,7,13-14H,2-3,10H2,1H3,(H,11,16)(H,12,15)(H,17,18)/t4-,5-,7-/m0/s1. The summed E-state index contributed by atoms with van der Waals surface area (Å²) in [6, 6.07) is -2.61. The number of hydrogen-bond acceptors (Lipinski definition) is 6. The quantitative estimate of drug-likeness (QED) is 0.276. The minimum atomic E-state index is -1.43. The van der Waals surface area contributed by atoms with Gasteiger partial charge in [-0.15, -0.1) is 0 Å². The maximum absolute atomic E-state index is 11.2. The summed E-state index contributed by atoms with van der Waals surface area (Å²) in [5.41, 5.74) is 5.29. The first-order valence-corrected chi connectivity index (χ1v) is 5.14. The Morgan fingerprint density at radius 1 is 1.33 bits per heavy atom. The van der Waals surface area contributed by atoms with Crippen LogP contribution in [0.15, 0.2) is 0 Å². The fourth-order valence-electron chi connectivity index (χ4n) is 0.935. The molecular weight excluding hydrogens is 246 g/mol. The highest BCUT2D eigenvalue weighted by Crippen LogP contribution is 1.88. The smallest absolute Gasteiger partial charge is 0.328 e. The number of nitrogens with one attached hydrogen (secondary N) is 2. The van der Waals surface area contributed by atoms with E-state index in [1.807, 2.05) is 5.32 Å². The zero-order valence-electron chi connectivity index (χ0n) is 9.79. The lowest BCUT2D eigenvalue weighted by molar-refractivity contribution is -0.142. The molecule has 0 aliphatic rings. The summed E-state index contributed by atoms with van der Waals surface area (Å²) in [5.74, 6) is -2.92. The number of hydrogen-bond donors (Lipinski definition) is 6. The summed E-state index contributed by atoms with van der Waals surface area (Å²) in [6.07, 6.45) is -1.07. The van der Waals surface area contributed by atoms with Crippen molar-refractivity contribution in [1.82, 2.24) is 10.6 Å². The average molecular weight is 263 g/mol. The molecule has 0 unspecified atom stereocenters. The summed E-state index contributed by atoms with van der Waals surface area (Å²) >= 11 is 0. The molecule has 0 bridgehead atoms. The van der Waals surface area contributed by atoms with E-state index < -0.39 is 49.1 Å². The number of amides is 2. The molecule has 9 nitrogen and oxygen atoms in total. The second kappa shape index (κ2) is 7.58. The molecule has 0 aliphatic heterocycles. The molecule has 0 aromatic carbocycles. The third kappa shape index (κ3) is 5.57. The van der Waals surface area contributed by atoms with Crippen LogP contribution in [0.3, 0.4) is 0 Å². The molecule has 2 amide bonds. The van der Waals surface area contributed by atoms with Crippen LogP contribution in [0.1, 0.15) is 6.92 Å². The topological polar surface area (TPSA) is 162 Å². The van der Waals surface area contributed by atoms with E-state index >= 15 is 0 Å². The minimum Gasteiger partial charge on any atom is -0.480 e. The van der Waals surface area contributed by atoms with Crippen molar-refractivity contribution in [3.8, 4) is 0 Å². The highest BCUT2D eigenvalue weighted by atomic mass is 16.4. The van der Waals surface area contributed by atoms with Gasteiger partial charge in [0.1, 0.15) is 12.1 Å². The van der Waals surface area contributed by atoms with Crippen LogP contribution < -0.4 is 16.4 Å². The Kier molecular flexibility index (Phi) is 6.86. The van der Waals surface area contributed by atoms with E-state index in [-0.39, 0.29) is 0 Å². The van der Waals surface area contributed by atoms with Gasteiger partial charge in [0.25, 0.3) is 0 Å². The zero-order valence-corrected chi connectivity index (χ0v) is 9.79. The number of aliphatic carboxylic acids is 1. The van der Waals surface area contributed by atoms with Crippen molar-refractivity contribution in [2.75, 3.05) is 13.2 Å². The SMILES string of the molecule is C[C@H](O)[C@H](N)C(=O)NCC(=O)N[C@@H](CO)C(=O)O. The molecule has 0 spiro atoms. The molecule has 9 heteroatoms. The fourth-order valence-corrected chi connectivity index (χ4v) is 0.935. The molecule has 0 rings (SSSR count). The molecule has 7 N–H and O–H groups in total. The van der Waals surface area contributed by atoms with E-state index in [4.69, 9.17) is 21.1 Å². The van der Waals surface area contributed by atoms with Gasteiger partial charge in [-0.1, -0.05) is 0 Å². The molecule has 0 fully saturated rings. The fraction of sp³-hybridized carbons (Fsp3) is 0.667. The minimum absolute atomic E-state index is 0.497. The number of carbonyl (C=O) groups excluding carboxylic acids is 2. The molecule has 3 atom stereocenters. The van der Waals surface area contributed by atoms with Crippen molar-refractivity contribution in [2.24, 2.45) is 5.73 Å². The third-order valence-electron chi connectivity index (χ3n) is 2.06. The molecule has 0 aliphatic carbocycles. The van der Waals surface area contributed by atoms with Gasteiger partial charge in [0, 0.05) is 0 Å². The van der Waals surface area contributed by atoms with Crippen LogP contribution in [-0.4, -0.2) is 64.4 Å². The molecule has 18 heavy (non-hydrogen) atoms. The number of rotatable bonds is 7. The van der Waals surface area contributed by atoms with E-state index in [1.165, 1.54) is 6.92 Å². The predicted molar refractivity (Wildman–Crippen MR) is 59.3 cm³/mol. The first-order valence-electron chi connectivity index (χ1n) is 5.14. The van der Waals surface area contributed by atoms with Gasteiger partial charge in [-0.25, -0.2) is 4.79 Å². The second-order valence-electron chi connectivity index (χ2n) is 3.63. The Morgan fingerprint density at radius 2 is 1.89 bits per heavy atom. The molecule has 0 aromatic rings. The van der Waals surface area contributed by atoms with Crippen LogP contribution in [0.4, 0.5) is 0 Å². The van der Waals surface area contributed by atoms with Crippen molar-refractivity contribution >= 4 is 17.8 Å². The van der Waals surface area contributed by atoms with Gasteiger partial charge in [0.05, 0.1) is 19.3 Å². The van der Waals surface area contributed by atoms with Gasteiger partial charge in [-0.2, -0.15) is 0 Å². The number of nitrogens with two attached hydrogens (primary N) is 1. The average Bonchev–Trinajstić information content (AvgIpc) is 2.31. The van der Waals surface area contributed by atoms with Crippen LogP contribution >= 0.6 is 0 Å². The number of aliphatic hydroxyl groups excluding tert-OH is 2. The normalized spacial score (nSPS) is 15.3. The monoisotopic (exact) mass is 263 g/mol. The van der Waals surface area contributed by atoms with Gasteiger partial charge in [0.2, 0.25) is 11.8 Å². The van der Waals surface area contributed by atoms with Gasteiger partial charge in [0.15, 0.2) is 0 Å². The first-order chi connectivity index (χ1) is 8.29. The number of carboxylic acids is 1. The lowest BCUT2D eigenvalue weighted by Crippen LogP contribution is -2.51. The van der Waals surface area contributed by atoms with E-state index in [1.54, 1.807) is 0 Å². The van der Waals surface area contributed by atoms with Crippen LogP contribution in [-0.2, 0) is 14.4 Å². The summed E-state index contributed by atoms with van der Waals surface area (Å²) in [5, 5.41) is 30.3. The van der Waals surface area contributed by atoms with Crippen LogP contribution in [0.25, 0.3) is 0 Å². The van der Waals surface area contributed by atoms with Crippen LogP contribution in [0.5, 0.6) is 0 Å². The number of aliphatic hydroxyl groups is 2. The van der Waals surface area contributed by atoms with Crippen molar-refractivity contribution in [3.05, 3.63) is 0 Å². The summed E-state index contributed by atoms with van der Waals surface area (Å²) in [7, 11) is 0. The highest BCUT2D eigenvalue weighted by molar-refractivity contribution is 5.89. The van der Waals surface area contributed by atoms with Crippen molar-refractivity contribution in [3.63, 3.8) is 0 Å². The number of carboxylic acid groups (broad SMARTS) is 1. The van der Waals surface area contributed by atoms with E-state index in [0.717, 1.165) is 0 Å². The molecule has 0 heterocycles. The van der Waals surface area contributed by atoms with Gasteiger partial charge in [-0.3, -0.25) is 9.59 Å². The zero-order chi connectivity index (χ0) is 14.3. The second-order valence-corrected chi connectivity index (χ2v) is 3.63. The Balaban J connectivity index is 4.11. The van der Waals surface area contributed by atoms with Crippen molar-refractivity contribution < 1.29 is 29.7 Å². The maximum Gasteiger partial charge on any atom is 0.328 e. The summed E-state index contributed by atoms with van der Waals surface area (Å²) in [4.78, 5) is 32.9. The van der Waals surface area contributed by atoms with Gasteiger partial charge < -0.3 is 31.7 Å². The van der Waals surface area contributed by atoms with E-state index in [2.05, 4.69) is 5.32 Å². The third-order valence-corrected chi connectivity index (χ3v) is 2.06. The molecule has 0 saturated heterocycles. The Labute approximate surface area is 103 Å². The predicted octanol–water partition coefficient (Wildman–Crippen LogP) is -3.63. The van der Waals surface area contributed by atoms with Gasteiger partial charge >= 0.3 is 5.97 Å². The van der Waals surface area contributed by atoms with Crippen LogP contribution in [0.2, 0.25) is 0 Å². The molecule has 0 saturated carbocycles. The maximum atomic E-state index is 11.2. The largest absolute Gasteiger partial charge is 0.480 e. The van der Waals surface area contributed by atoms with E-state index in [0.29, 0.717) is 0 Å². The van der Waals surface area contributed by atoms with Crippen molar-refractivity contribution in [1.29, 1.82) is 0 Å². The first kappa shape index (κ1) is 16.3. The summed E-state index contributed by atoms with van der Waals surface area (Å²) < 4.78 is 0. The highest BCUT2D eigenvalue weighted by Gasteiger charge is 2.21. The number of carbonyl (C=O) groups is 3. The molecule has 104 valence electrons. The lowest BCUT2D eigenvalue weighted by atomic mass is 10.2. The lowest BCUT2D eigenvalue weighted by Gasteiger charge is -2.15. The Hall–Kier alpha value is -1.71. The van der Waals surface area contributed by atoms with E-state index in [9.17, 15) is 14.4 Å². The molecular formula is C9H17N3O6. The Morgan fingerprint density at radius 3 is 2.28 bits per heavy atom. The summed E-state index contributed by atoms with van der Waals surface area (Å²) in [6.45, 7) is 0.0573. The molecule has 0 aromatic heterocycles.